The highest BCUT2D eigenvalue weighted by atomic mass is 35.5. The average Bonchev–Trinajstić information content (AvgIpc) is 2.45. The van der Waals surface area contributed by atoms with E-state index in [9.17, 15) is 0 Å². The third kappa shape index (κ3) is 3.65. The fourth-order valence-electron chi connectivity index (χ4n) is 2.27. The summed E-state index contributed by atoms with van der Waals surface area (Å²) >= 11 is 12.5. The normalized spacial score (nSPS) is 16.7. The van der Waals surface area contributed by atoms with Crippen LogP contribution in [0.4, 0.5) is 0 Å². The Balaban J connectivity index is 2.30. The highest BCUT2D eigenvalue weighted by Crippen LogP contribution is 2.35. The molecular formula is C15H19Cl2NO. The largest absolute Gasteiger partial charge is 0.501 e. The van der Waals surface area contributed by atoms with Crippen molar-refractivity contribution in [3.05, 3.63) is 45.6 Å². The van der Waals surface area contributed by atoms with E-state index in [2.05, 4.69) is 12.2 Å². The first-order valence-corrected chi connectivity index (χ1v) is 7.47. The van der Waals surface area contributed by atoms with Gasteiger partial charge in [-0.25, -0.2) is 0 Å². The van der Waals surface area contributed by atoms with Crippen molar-refractivity contribution in [1.29, 1.82) is 0 Å². The number of hydrogen-bond acceptors (Lipinski definition) is 2. The minimum absolute atomic E-state index is 0.0893. The van der Waals surface area contributed by atoms with Crippen LogP contribution >= 0.6 is 23.2 Å². The number of hydrogen-bond donors (Lipinski definition) is 1. The summed E-state index contributed by atoms with van der Waals surface area (Å²) in [6.45, 7) is 3.88. The van der Waals surface area contributed by atoms with E-state index < -0.39 is 0 Å². The van der Waals surface area contributed by atoms with Crippen LogP contribution in [0.25, 0.3) is 0 Å². The van der Waals surface area contributed by atoms with Gasteiger partial charge in [-0.1, -0.05) is 42.3 Å². The summed E-state index contributed by atoms with van der Waals surface area (Å²) in [5, 5.41) is 4.76. The molecule has 2 nitrogen and oxygen atoms in total. The van der Waals surface area contributed by atoms with Crippen molar-refractivity contribution in [2.24, 2.45) is 0 Å². The molecule has 1 atom stereocenters. The Hall–Kier alpha value is -0.700. The molecule has 1 aliphatic rings. The molecule has 0 fully saturated rings. The molecular weight excluding hydrogens is 281 g/mol. The van der Waals surface area contributed by atoms with Crippen LogP contribution in [0.15, 0.2) is 30.0 Å². The van der Waals surface area contributed by atoms with E-state index in [1.54, 1.807) is 0 Å². The predicted octanol–water partition coefficient (Wildman–Crippen LogP) is 4.73. The van der Waals surface area contributed by atoms with Crippen molar-refractivity contribution in [3.8, 4) is 0 Å². The molecule has 1 aliphatic heterocycles. The lowest BCUT2D eigenvalue weighted by atomic mass is 9.95. The zero-order valence-corrected chi connectivity index (χ0v) is 12.6. The molecule has 0 radical (unpaired) electrons. The van der Waals surface area contributed by atoms with Gasteiger partial charge in [0.25, 0.3) is 0 Å². The van der Waals surface area contributed by atoms with Gasteiger partial charge in [0.05, 0.1) is 29.0 Å². The van der Waals surface area contributed by atoms with Crippen LogP contribution in [-0.2, 0) is 4.74 Å². The van der Waals surface area contributed by atoms with Gasteiger partial charge in [-0.3, -0.25) is 0 Å². The number of benzene rings is 1. The molecule has 2 rings (SSSR count). The number of nitrogens with one attached hydrogen (secondary N) is 1. The number of halogens is 2. The van der Waals surface area contributed by atoms with Crippen LogP contribution in [0.5, 0.6) is 0 Å². The van der Waals surface area contributed by atoms with Crippen LogP contribution in [0.3, 0.4) is 0 Å². The highest BCUT2D eigenvalue weighted by molar-refractivity contribution is 6.42. The van der Waals surface area contributed by atoms with Crippen LogP contribution in [0.1, 0.15) is 37.8 Å². The first-order chi connectivity index (χ1) is 9.24. The topological polar surface area (TPSA) is 21.3 Å². The Labute approximate surface area is 124 Å². The van der Waals surface area contributed by atoms with Crippen LogP contribution in [-0.4, -0.2) is 13.2 Å². The van der Waals surface area contributed by atoms with E-state index in [0.29, 0.717) is 10.0 Å². The second kappa shape index (κ2) is 7.18. The van der Waals surface area contributed by atoms with E-state index >= 15 is 0 Å². The lowest BCUT2D eigenvalue weighted by Crippen LogP contribution is -2.25. The summed E-state index contributed by atoms with van der Waals surface area (Å²) in [4.78, 5) is 0. The third-order valence-electron chi connectivity index (χ3n) is 3.22. The van der Waals surface area contributed by atoms with Crippen molar-refractivity contribution >= 4 is 23.2 Å². The second-order valence-corrected chi connectivity index (χ2v) is 5.48. The Morgan fingerprint density at radius 2 is 2.21 bits per heavy atom. The zero-order valence-electron chi connectivity index (χ0n) is 11.1. The molecule has 104 valence electrons. The van der Waals surface area contributed by atoms with E-state index in [4.69, 9.17) is 27.9 Å². The fourth-order valence-corrected chi connectivity index (χ4v) is 2.69. The molecule has 0 bridgehead atoms. The van der Waals surface area contributed by atoms with Gasteiger partial charge in [-0.05, 0) is 43.0 Å². The molecule has 1 unspecified atom stereocenters. The highest BCUT2D eigenvalue weighted by Gasteiger charge is 2.21. The van der Waals surface area contributed by atoms with E-state index in [0.717, 1.165) is 38.0 Å². The molecule has 0 aromatic heterocycles. The van der Waals surface area contributed by atoms with Crippen molar-refractivity contribution in [2.45, 2.75) is 32.2 Å². The molecule has 0 amide bonds. The quantitative estimate of drug-likeness (QED) is 0.849. The maximum Gasteiger partial charge on any atom is 0.0876 e. The van der Waals surface area contributed by atoms with Gasteiger partial charge in [0.1, 0.15) is 0 Å². The van der Waals surface area contributed by atoms with Gasteiger partial charge >= 0.3 is 0 Å². The van der Waals surface area contributed by atoms with Crippen LogP contribution in [0, 0.1) is 0 Å². The molecule has 1 N–H and O–H groups in total. The minimum atomic E-state index is 0.0893. The van der Waals surface area contributed by atoms with Crippen molar-refractivity contribution in [3.63, 3.8) is 0 Å². The standard InChI is InChI=1S/C15H19Cl2NO/c1-2-8-18-15(11-5-4-9-19-10-11)12-6-3-7-13(16)14(12)17/h3,6-7,10,15,18H,2,4-5,8-9H2,1H3. The van der Waals surface area contributed by atoms with Crippen LogP contribution < -0.4 is 5.32 Å². The van der Waals surface area contributed by atoms with Gasteiger partial charge in [-0.2, -0.15) is 0 Å². The second-order valence-electron chi connectivity index (χ2n) is 4.70. The molecule has 1 aromatic carbocycles. The van der Waals surface area contributed by atoms with E-state index in [-0.39, 0.29) is 6.04 Å². The van der Waals surface area contributed by atoms with Gasteiger partial charge in [-0.15, -0.1) is 0 Å². The monoisotopic (exact) mass is 299 g/mol. The number of ether oxygens (including phenoxy) is 1. The fraction of sp³-hybridized carbons (Fsp3) is 0.467. The molecule has 0 spiro atoms. The smallest absolute Gasteiger partial charge is 0.0876 e. The van der Waals surface area contributed by atoms with Crippen molar-refractivity contribution in [1.82, 2.24) is 5.32 Å². The van der Waals surface area contributed by atoms with Crippen LogP contribution in [0.2, 0.25) is 10.0 Å². The van der Waals surface area contributed by atoms with Gasteiger partial charge in [0.15, 0.2) is 0 Å². The van der Waals surface area contributed by atoms with E-state index in [1.807, 2.05) is 24.5 Å². The summed E-state index contributed by atoms with van der Waals surface area (Å²) in [6.07, 6.45) is 5.02. The molecule has 19 heavy (non-hydrogen) atoms. The molecule has 1 heterocycles. The Kier molecular flexibility index (Phi) is 5.56. The summed E-state index contributed by atoms with van der Waals surface area (Å²) in [7, 11) is 0. The Bertz CT molecular complexity index is 459. The van der Waals surface area contributed by atoms with Gasteiger partial charge < -0.3 is 10.1 Å². The lowest BCUT2D eigenvalue weighted by Gasteiger charge is -2.25. The van der Waals surface area contributed by atoms with Crippen molar-refractivity contribution in [2.75, 3.05) is 13.2 Å². The summed E-state index contributed by atoms with van der Waals surface area (Å²) < 4.78 is 5.46. The molecule has 4 heteroatoms. The molecule has 0 aliphatic carbocycles. The molecule has 1 aromatic rings. The third-order valence-corrected chi connectivity index (χ3v) is 4.06. The average molecular weight is 300 g/mol. The summed E-state index contributed by atoms with van der Waals surface area (Å²) in [6, 6.07) is 5.87. The van der Waals surface area contributed by atoms with E-state index in [1.165, 1.54) is 5.57 Å². The predicted molar refractivity (Wildman–Crippen MR) is 80.8 cm³/mol. The SMILES string of the molecule is CCCNC(C1=COCCC1)c1cccc(Cl)c1Cl. The zero-order chi connectivity index (χ0) is 13.7. The lowest BCUT2D eigenvalue weighted by molar-refractivity contribution is 0.219. The Morgan fingerprint density at radius 1 is 1.37 bits per heavy atom. The minimum Gasteiger partial charge on any atom is -0.501 e. The molecule has 0 saturated carbocycles. The first-order valence-electron chi connectivity index (χ1n) is 6.72. The summed E-state index contributed by atoms with van der Waals surface area (Å²) in [5.41, 5.74) is 2.27. The first kappa shape index (κ1) is 14.7. The Morgan fingerprint density at radius 3 is 2.89 bits per heavy atom. The maximum absolute atomic E-state index is 6.35. The van der Waals surface area contributed by atoms with Gasteiger partial charge in [0.2, 0.25) is 0 Å². The number of rotatable bonds is 5. The van der Waals surface area contributed by atoms with Gasteiger partial charge in [0, 0.05) is 0 Å². The maximum atomic E-state index is 6.35. The van der Waals surface area contributed by atoms with Crippen molar-refractivity contribution < 1.29 is 4.74 Å². The summed E-state index contributed by atoms with van der Waals surface area (Å²) in [5.74, 6) is 0. The molecule has 0 saturated heterocycles.